The molecular formula is C9H15F3N2O. The van der Waals surface area contributed by atoms with Gasteiger partial charge in [0, 0.05) is 12.6 Å². The van der Waals surface area contributed by atoms with Gasteiger partial charge in [0.05, 0.1) is 0 Å². The second-order valence-electron chi connectivity index (χ2n) is 4.12. The maximum atomic E-state index is 11.8. The first-order valence-corrected chi connectivity index (χ1v) is 4.91. The fourth-order valence-electron chi connectivity index (χ4n) is 1.86. The van der Waals surface area contributed by atoms with Crippen molar-refractivity contribution in [3.05, 3.63) is 0 Å². The fourth-order valence-corrected chi connectivity index (χ4v) is 1.86. The van der Waals surface area contributed by atoms with Crippen LogP contribution in [0.2, 0.25) is 0 Å². The average molecular weight is 224 g/mol. The minimum absolute atomic E-state index is 0.0215. The van der Waals surface area contributed by atoms with Gasteiger partial charge in [0.2, 0.25) is 0 Å². The molecule has 3 nitrogen and oxygen atoms in total. The van der Waals surface area contributed by atoms with Crippen LogP contribution in [0, 0.1) is 5.92 Å². The van der Waals surface area contributed by atoms with Gasteiger partial charge in [-0.15, -0.1) is 0 Å². The maximum absolute atomic E-state index is 11.8. The van der Waals surface area contributed by atoms with Crippen molar-refractivity contribution >= 4 is 6.03 Å². The van der Waals surface area contributed by atoms with Gasteiger partial charge < -0.3 is 10.2 Å². The first-order chi connectivity index (χ1) is 6.79. The molecule has 2 amide bonds. The van der Waals surface area contributed by atoms with E-state index in [2.05, 4.69) is 0 Å². The summed E-state index contributed by atoms with van der Waals surface area (Å²) in [7, 11) is 0. The first-order valence-electron chi connectivity index (χ1n) is 4.91. The summed E-state index contributed by atoms with van der Waals surface area (Å²) >= 11 is 0. The van der Waals surface area contributed by atoms with E-state index in [1.807, 2.05) is 19.2 Å². The number of nitrogens with zero attached hydrogens (tertiary/aromatic N) is 1. The number of hydrogen-bond acceptors (Lipinski definition) is 1. The highest BCUT2D eigenvalue weighted by molar-refractivity contribution is 5.74. The van der Waals surface area contributed by atoms with E-state index in [1.54, 1.807) is 0 Å². The molecule has 0 aromatic heterocycles. The monoisotopic (exact) mass is 224 g/mol. The highest BCUT2D eigenvalue weighted by atomic mass is 19.4. The summed E-state index contributed by atoms with van der Waals surface area (Å²) in [5.74, 6) is 0.358. The molecule has 0 bridgehead atoms. The minimum Gasteiger partial charge on any atom is -0.329 e. The van der Waals surface area contributed by atoms with Gasteiger partial charge in [0.1, 0.15) is 6.54 Å². The number of alkyl halides is 3. The van der Waals surface area contributed by atoms with Crippen molar-refractivity contribution in [2.24, 2.45) is 5.92 Å². The second kappa shape index (κ2) is 4.28. The van der Waals surface area contributed by atoms with E-state index in [-0.39, 0.29) is 6.04 Å². The van der Waals surface area contributed by atoms with Crippen molar-refractivity contribution in [2.75, 3.05) is 13.1 Å². The zero-order valence-corrected chi connectivity index (χ0v) is 8.77. The Morgan fingerprint density at radius 1 is 1.47 bits per heavy atom. The molecule has 6 heteroatoms. The summed E-state index contributed by atoms with van der Waals surface area (Å²) in [4.78, 5) is 12.8. The molecule has 88 valence electrons. The van der Waals surface area contributed by atoms with E-state index in [9.17, 15) is 18.0 Å². The summed E-state index contributed by atoms with van der Waals surface area (Å²) in [6.07, 6.45) is -3.50. The maximum Gasteiger partial charge on any atom is 0.405 e. The molecule has 2 unspecified atom stereocenters. The number of rotatable bonds is 1. The van der Waals surface area contributed by atoms with E-state index in [4.69, 9.17) is 0 Å². The molecule has 1 fully saturated rings. The molecule has 1 N–H and O–H groups in total. The van der Waals surface area contributed by atoms with Gasteiger partial charge in [-0.1, -0.05) is 6.92 Å². The zero-order chi connectivity index (χ0) is 11.6. The van der Waals surface area contributed by atoms with Crippen LogP contribution in [0.25, 0.3) is 0 Å². The normalized spacial score (nSPS) is 26.9. The van der Waals surface area contributed by atoms with Crippen molar-refractivity contribution in [1.29, 1.82) is 0 Å². The van der Waals surface area contributed by atoms with Gasteiger partial charge in [-0.05, 0) is 19.3 Å². The Labute approximate surface area is 86.6 Å². The van der Waals surface area contributed by atoms with Crippen LogP contribution in [-0.4, -0.2) is 36.2 Å². The second-order valence-corrected chi connectivity index (χ2v) is 4.12. The largest absolute Gasteiger partial charge is 0.405 e. The van der Waals surface area contributed by atoms with E-state index < -0.39 is 18.8 Å². The third-order valence-corrected chi connectivity index (χ3v) is 2.48. The summed E-state index contributed by atoms with van der Waals surface area (Å²) < 4.78 is 35.5. The molecule has 2 atom stereocenters. The third-order valence-electron chi connectivity index (χ3n) is 2.48. The van der Waals surface area contributed by atoms with Crippen molar-refractivity contribution in [3.63, 3.8) is 0 Å². The molecule has 0 saturated carbocycles. The van der Waals surface area contributed by atoms with Gasteiger partial charge in [-0.25, -0.2) is 4.79 Å². The smallest absolute Gasteiger partial charge is 0.329 e. The lowest BCUT2D eigenvalue weighted by molar-refractivity contribution is -0.123. The van der Waals surface area contributed by atoms with Gasteiger partial charge in [-0.3, -0.25) is 0 Å². The Morgan fingerprint density at radius 3 is 2.47 bits per heavy atom. The lowest BCUT2D eigenvalue weighted by Crippen LogP contribution is -2.45. The van der Waals surface area contributed by atoms with Crippen LogP contribution in [-0.2, 0) is 0 Å². The van der Waals surface area contributed by atoms with Crippen molar-refractivity contribution < 1.29 is 18.0 Å². The summed E-state index contributed by atoms with van der Waals surface area (Å²) in [5.41, 5.74) is 0. The van der Waals surface area contributed by atoms with Crippen LogP contribution in [0.5, 0.6) is 0 Å². The predicted molar refractivity (Wildman–Crippen MR) is 49.4 cm³/mol. The van der Waals surface area contributed by atoms with Crippen LogP contribution in [0.4, 0.5) is 18.0 Å². The highest BCUT2D eigenvalue weighted by Gasteiger charge is 2.33. The molecule has 0 spiro atoms. The first kappa shape index (κ1) is 12.1. The van der Waals surface area contributed by atoms with Gasteiger partial charge in [0.15, 0.2) is 0 Å². The molecule has 0 aromatic carbocycles. The average Bonchev–Trinajstić information content (AvgIpc) is 2.40. The van der Waals surface area contributed by atoms with Gasteiger partial charge >= 0.3 is 12.2 Å². The van der Waals surface area contributed by atoms with Crippen molar-refractivity contribution in [3.8, 4) is 0 Å². The van der Waals surface area contributed by atoms with E-state index in [0.29, 0.717) is 12.5 Å². The topological polar surface area (TPSA) is 32.3 Å². The Bertz CT molecular complexity index is 242. The Kier molecular flexibility index (Phi) is 3.46. The SMILES string of the molecule is CC1CC(C)N(C(=O)NCC(F)(F)F)C1. The molecule has 1 heterocycles. The Balaban J connectivity index is 2.41. The zero-order valence-electron chi connectivity index (χ0n) is 8.77. The molecule has 0 aromatic rings. The lowest BCUT2D eigenvalue weighted by Gasteiger charge is -2.22. The number of halogens is 3. The quantitative estimate of drug-likeness (QED) is 0.725. The number of amides is 2. The van der Waals surface area contributed by atoms with E-state index >= 15 is 0 Å². The molecule has 1 aliphatic rings. The molecule has 15 heavy (non-hydrogen) atoms. The highest BCUT2D eigenvalue weighted by Crippen LogP contribution is 2.22. The number of likely N-dealkylation sites (tertiary alicyclic amines) is 1. The van der Waals surface area contributed by atoms with Crippen molar-refractivity contribution in [1.82, 2.24) is 10.2 Å². The van der Waals surface area contributed by atoms with E-state index in [0.717, 1.165) is 6.42 Å². The van der Waals surface area contributed by atoms with Crippen LogP contribution in [0.3, 0.4) is 0 Å². The predicted octanol–water partition coefficient (Wildman–Crippen LogP) is 1.99. The van der Waals surface area contributed by atoms with Crippen LogP contribution in [0.15, 0.2) is 0 Å². The van der Waals surface area contributed by atoms with Crippen LogP contribution < -0.4 is 5.32 Å². The summed E-state index contributed by atoms with van der Waals surface area (Å²) in [6.45, 7) is 3.10. The molecule has 1 saturated heterocycles. The van der Waals surface area contributed by atoms with Gasteiger partial charge in [0.25, 0.3) is 0 Å². The summed E-state index contributed by atoms with van der Waals surface area (Å²) in [5, 5.41) is 1.88. The molecule has 1 rings (SSSR count). The van der Waals surface area contributed by atoms with Crippen molar-refractivity contribution in [2.45, 2.75) is 32.5 Å². The Morgan fingerprint density at radius 2 is 2.07 bits per heavy atom. The third kappa shape index (κ3) is 3.60. The number of hydrogen-bond donors (Lipinski definition) is 1. The molecule has 1 aliphatic heterocycles. The van der Waals surface area contributed by atoms with Crippen LogP contribution in [0.1, 0.15) is 20.3 Å². The number of urea groups is 1. The molecule has 0 aliphatic carbocycles. The standard InChI is InChI=1S/C9H15F3N2O/c1-6-3-7(2)14(4-6)8(15)13-5-9(10,11)12/h6-7H,3-5H2,1-2H3,(H,13,15). The van der Waals surface area contributed by atoms with Crippen LogP contribution >= 0.6 is 0 Å². The molecule has 0 radical (unpaired) electrons. The lowest BCUT2D eigenvalue weighted by atomic mass is 10.1. The minimum atomic E-state index is -4.34. The van der Waals surface area contributed by atoms with E-state index in [1.165, 1.54) is 4.90 Å². The molecular weight excluding hydrogens is 209 g/mol. The van der Waals surface area contributed by atoms with Gasteiger partial charge in [-0.2, -0.15) is 13.2 Å². The Hall–Kier alpha value is -0.940. The number of nitrogens with one attached hydrogen (secondary N) is 1. The number of carbonyl (C=O) groups is 1. The number of carbonyl (C=O) groups excluding carboxylic acids is 1. The summed E-state index contributed by atoms with van der Waals surface area (Å²) in [6, 6.07) is -0.600. The fraction of sp³-hybridized carbons (Fsp3) is 0.889.